The standard InChI is InChI=1S/C9H11ClFNS/c1-12(2)9(13)6-3-4-8(11)7(10)5-6/h3-5,9,13H,1-2H3. The van der Waals surface area contributed by atoms with Crippen molar-refractivity contribution in [2.75, 3.05) is 14.1 Å². The number of hydrogen-bond donors (Lipinski definition) is 1. The van der Waals surface area contributed by atoms with Crippen molar-refractivity contribution in [3.05, 3.63) is 34.6 Å². The molecule has 0 fully saturated rings. The maximum atomic E-state index is 12.8. The van der Waals surface area contributed by atoms with Crippen molar-refractivity contribution < 1.29 is 4.39 Å². The predicted octanol–water partition coefficient (Wildman–Crippen LogP) is 2.97. The number of nitrogens with zero attached hydrogens (tertiary/aromatic N) is 1. The number of rotatable bonds is 2. The lowest BCUT2D eigenvalue weighted by Gasteiger charge is -2.19. The molecule has 0 heterocycles. The van der Waals surface area contributed by atoms with Crippen LogP contribution in [-0.2, 0) is 0 Å². The third kappa shape index (κ3) is 2.59. The molecular formula is C9H11ClFNS. The van der Waals surface area contributed by atoms with Gasteiger partial charge in [-0.1, -0.05) is 17.7 Å². The fraction of sp³-hybridized carbons (Fsp3) is 0.333. The zero-order chi connectivity index (χ0) is 10.0. The van der Waals surface area contributed by atoms with Gasteiger partial charge in [0.25, 0.3) is 0 Å². The minimum absolute atomic E-state index is 0.0573. The number of thiol groups is 1. The van der Waals surface area contributed by atoms with Gasteiger partial charge in [-0.25, -0.2) is 4.39 Å². The third-order valence-corrected chi connectivity index (χ3v) is 2.78. The van der Waals surface area contributed by atoms with E-state index in [-0.39, 0.29) is 10.4 Å². The lowest BCUT2D eigenvalue weighted by atomic mass is 10.2. The second kappa shape index (κ2) is 4.31. The Morgan fingerprint density at radius 3 is 2.54 bits per heavy atom. The number of hydrogen-bond acceptors (Lipinski definition) is 2. The summed E-state index contributed by atoms with van der Waals surface area (Å²) in [5, 5.41) is 0.0801. The molecule has 0 saturated heterocycles. The van der Waals surface area contributed by atoms with E-state index in [4.69, 9.17) is 11.6 Å². The summed E-state index contributed by atoms with van der Waals surface area (Å²) in [6.07, 6.45) is 0. The normalized spacial score (nSPS) is 13.4. The number of benzene rings is 1. The maximum absolute atomic E-state index is 12.8. The first-order valence-corrected chi connectivity index (χ1v) is 4.71. The van der Waals surface area contributed by atoms with E-state index in [0.29, 0.717) is 0 Å². The molecule has 0 aliphatic rings. The van der Waals surface area contributed by atoms with Crippen LogP contribution in [0.15, 0.2) is 18.2 Å². The Morgan fingerprint density at radius 1 is 1.46 bits per heavy atom. The zero-order valence-corrected chi connectivity index (χ0v) is 9.11. The molecule has 4 heteroatoms. The van der Waals surface area contributed by atoms with E-state index in [9.17, 15) is 4.39 Å². The average molecular weight is 220 g/mol. The molecule has 1 nitrogen and oxygen atoms in total. The summed E-state index contributed by atoms with van der Waals surface area (Å²) < 4.78 is 12.8. The Balaban J connectivity index is 2.97. The highest BCUT2D eigenvalue weighted by atomic mass is 35.5. The Hall–Kier alpha value is -0.250. The van der Waals surface area contributed by atoms with E-state index in [1.165, 1.54) is 6.07 Å². The Bertz CT molecular complexity index is 304. The van der Waals surface area contributed by atoms with Gasteiger partial charge in [-0.3, -0.25) is 4.90 Å². The van der Waals surface area contributed by atoms with Crippen molar-refractivity contribution >= 4 is 24.2 Å². The summed E-state index contributed by atoms with van der Waals surface area (Å²) in [6, 6.07) is 4.62. The van der Waals surface area contributed by atoms with Crippen molar-refractivity contribution in [2.24, 2.45) is 0 Å². The topological polar surface area (TPSA) is 3.24 Å². The van der Waals surface area contributed by atoms with Crippen molar-refractivity contribution in [3.8, 4) is 0 Å². The fourth-order valence-corrected chi connectivity index (χ4v) is 1.32. The van der Waals surface area contributed by atoms with Gasteiger partial charge in [0, 0.05) is 0 Å². The van der Waals surface area contributed by atoms with Gasteiger partial charge in [0.15, 0.2) is 0 Å². The van der Waals surface area contributed by atoms with Gasteiger partial charge < -0.3 is 0 Å². The van der Waals surface area contributed by atoms with Crippen molar-refractivity contribution in [2.45, 2.75) is 5.37 Å². The van der Waals surface area contributed by atoms with Crippen LogP contribution in [0.3, 0.4) is 0 Å². The van der Waals surface area contributed by atoms with Gasteiger partial charge in [-0.15, -0.1) is 0 Å². The van der Waals surface area contributed by atoms with Crippen LogP contribution in [0.1, 0.15) is 10.9 Å². The lowest BCUT2D eigenvalue weighted by Crippen LogP contribution is -2.14. The second-order valence-corrected chi connectivity index (χ2v) is 3.91. The maximum Gasteiger partial charge on any atom is 0.141 e. The molecule has 1 unspecified atom stereocenters. The summed E-state index contributed by atoms with van der Waals surface area (Å²) in [7, 11) is 3.80. The SMILES string of the molecule is CN(C)C(S)c1ccc(F)c(Cl)c1. The molecule has 0 aliphatic heterocycles. The largest absolute Gasteiger partial charge is 0.294 e. The molecule has 1 atom stereocenters. The van der Waals surface area contributed by atoms with Crippen LogP contribution >= 0.6 is 24.2 Å². The fourth-order valence-electron chi connectivity index (χ4n) is 0.971. The van der Waals surface area contributed by atoms with Crippen LogP contribution in [0.2, 0.25) is 5.02 Å². The lowest BCUT2D eigenvalue weighted by molar-refractivity contribution is 0.393. The molecule has 1 aromatic rings. The van der Waals surface area contributed by atoms with E-state index >= 15 is 0 Å². The smallest absolute Gasteiger partial charge is 0.141 e. The highest BCUT2D eigenvalue weighted by molar-refractivity contribution is 7.80. The first-order chi connectivity index (χ1) is 6.02. The molecule has 72 valence electrons. The van der Waals surface area contributed by atoms with E-state index in [0.717, 1.165) is 5.56 Å². The molecule has 0 radical (unpaired) electrons. The summed E-state index contributed by atoms with van der Waals surface area (Å²) >= 11 is 9.98. The molecule has 13 heavy (non-hydrogen) atoms. The molecule has 0 bridgehead atoms. The minimum atomic E-state index is -0.398. The van der Waals surface area contributed by atoms with Gasteiger partial charge in [-0.2, -0.15) is 12.6 Å². The third-order valence-electron chi connectivity index (χ3n) is 1.73. The van der Waals surface area contributed by atoms with Crippen LogP contribution in [0.5, 0.6) is 0 Å². The Labute approximate surface area is 87.9 Å². The van der Waals surface area contributed by atoms with Gasteiger partial charge in [0.05, 0.1) is 10.4 Å². The van der Waals surface area contributed by atoms with Crippen molar-refractivity contribution in [3.63, 3.8) is 0 Å². The van der Waals surface area contributed by atoms with Crippen LogP contribution in [0.25, 0.3) is 0 Å². The quantitative estimate of drug-likeness (QED) is 0.591. The van der Waals surface area contributed by atoms with Crippen LogP contribution in [0, 0.1) is 5.82 Å². The van der Waals surface area contributed by atoms with E-state index in [1.807, 2.05) is 19.0 Å². The Morgan fingerprint density at radius 2 is 2.08 bits per heavy atom. The molecule has 1 rings (SSSR count). The summed E-state index contributed by atoms with van der Waals surface area (Å²) in [5.41, 5.74) is 0.889. The van der Waals surface area contributed by atoms with Crippen molar-refractivity contribution in [1.29, 1.82) is 0 Å². The van der Waals surface area contributed by atoms with Crippen LogP contribution in [-0.4, -0.2) is 19.0 Å². The van der Waals surface area contributed by atoms with E-state index in [2.05, 4.69) is 12.6 Å². The highest BCUT2D eigenvalue weighted by Crippen LogP contribution is 2.25. The van der Waals surface area contributed by atoms with Crippen LogP contribution < -0.4 is 0 Å². The van der Waals surface area contributed by atoms with E-state index < -0.39 is 5.82 Å². The zero-order valence-electron chi connectivity index (χ0n) is 7.46. The molecule has 0 saturated carbocycles. The first-order valence-electron chi connectivity index (χ1n) is 3.82. The molecule has 0 aliphatic carbocycles. The van der Waals surface area contributed by atoms with Gasteiger partial charge in [-0.05, 0) is 31.8 Å². The second-order valence-electron chi connectivity index (χ2n) is 3.01. The minimum Gasteiger partial charge on any atom is -0.294 e. The van der Waals surface area contributed by atoms with Gasteiger partial charge in [0.2, 0.25) is 0 Å². The molecular weight excluding hydrogens is 209 g/mol. The molecule has 0 aromatic heterocycles. The predicted molar refractivity (Wildman–Crippen MR) is 56.8 cm³/mol. The van der Waals surface area contributed by atoms with Crippen molar-refractivity contribution in [1.82, 2.24) is 4.90 Å². The van der Waals surface area contributed by atoms with E-state index in [1.54, 1.807) is 12.1 Å². The Kier molecular flexibility index (Phi) is 3.59. The molecule has 0 amide bonds. The monoisotopic (exact) mass is 219 g/mol. The molecule has 0 N–H and O–H groups in total. The molecule has 1 aromatic carbocycles. The highest BCUT2D eigenvalue weighted by Gasteiger charge is 2.10. The molecule has 0 spiro atoms. The van der Waals surface area contributed by atoms with Crippen LogP contribution in [0.4, 0.5) is 4.39 Å². The first kappa shape index (κ1) is 10.8. The summed E-state index contributed by atoms with van der Waals surface area (Å²) in [6.45, 7) is 0. The summed E-state index contributed by atoms with van der Waals surface area (Å²) in [4.78, 5) is 1.91. The average Bonchev–Trinajstić information content (AvgIpc) is 2.08. The van der Waals surface area contributed by atoms with Gasteiger partial charge >= 0.3 is 0 Å². The van der Waals surface area contributed by atoms with Gasteiger partial charge in [0.1, 0.15) is 5.82 Å². The summed E-state index contributed by atoms with van der Waals surface area (Å²) in [5.74, 6) is -0.398. The number of halogens is 2.